The van der Waals surface area contributed by atoms with Crippen LogP contribution < -0.4 is 151 Å². The molecular weight excluding hydrogens is 1930 g/mol. The van der Waals surface area contributed by atoms with E-state index in [2.05, 4.69) is 122 Å². The molecule has 3 aromatic carbocycles. The topological polar surface area (TPSA) is 905 Å². The Morgan fingerprint density at radius 2 is 0.762 bits per heavy atom. The molecule has 804 valence electrons. The smallest absolute Gasteiger partial charge is 0.259 e. The number of rotatable bonds is 62. The monoisotopic (exact) mass is 2060 g/mol. The Balaban J connectivity index is 1.99. The van der Waals surface area contributed by atoms with Gasteiger partial charge in [-0.2, -0.15) is 0 Å². The van der Waals surface area contributed by atoms with E-state index in [1.807, 2.05) is 0 Å². The fourth-order valence-corrected chi connectivity index (χ4v) is 14.1. The Morgan fingerprint density at radius 3 is 1.13 bits per heavy atom. The van der Waals surface area contributed by atoms with Gasteiger partial charge in [0.05, 0.1) is 60.9 Å². The summed E-state index contributed by atoms with van der Waals surface area (Å²) in [6.07, 6.45) is -17.5. The molecule has 0 radical (unpaired) electrons. The van der Waals surface area contributed by atoms with Gasteiger partial charge in [0.2, 0.25) is 35.4 Å². The van der Waals surface area contributed by atoms with Gasteiger partial charge < -0.3 is 156 Å². The fraction of sp³-hybridized carbons (Fsp3) is 0.495. The van der Waals surface area contributed by atoms with Crippen LogP contribution in [-0.4, -0.2) is 308 Å². The predicted octanol–water partition coefficient (Wildman–Crippen LogP) is -12.2. The zero-order chi connectivity index (χ0) is 110. The SMILES string of the molecule is C[C@@H]1NC(=O)C(C)(C)CCC/C=C\CCC[C@@](C)(C(=O)N[C@@H](N[C@@H](C=O)Cc2ccccc2)C(=O)N[C@H](N[C@@H](C=O)CC(N)=O)C(=O)N[C@@H](N[C@@H](C)C=O)C(=O)N[C@H](N[C@@H](C=O)Cc2ccc(O)cc2)C(=O)N[C@@H](N[C@@H](C=O)Cc2ccc(O)cc2)C(=O)N[C@H](N[C@@H](C)C=O)C(=O)N[C@H](N[C@@H](C=O)CCCNC(=N)N)C(=O)N[C@H](N[C@@H](C=O)CCCNC(=N)N)C(N)=O)NC(=O)[C@H](N[C@@H](C=O)CC(N)=O)NC(=O)CNC1=O. The normalized spacial score (nSPS) is 18.8. The Bertz CT molecular complexity index is 5070. The number of carbonyl (C=O) groups is 24. The van der Waals surface area contributed by atoms with Gasteiger partial charge in [-0.25, -0.2) is 0 Å². The molecule has 3 aromatic rings. The lowest BCUT2D eigenvalue weighted by atomic mass is 9.86. The lowest BCUT2D eigenvalue weighted by molar-refractivity contribution is -0.139. The van der Waals surface area contributed by atoms with Crippen molar-refractivity contribution in [2.45, 2.75) is 259 Å². The van der Waals surface area contributed by atoms with E-state index in [4.69, 9.17) is 39.5 Å². The van der Waals surface area contributed by atoms with Crippen LogP contribution in [0.5, 0.6) is 11.5 Å². The largest absolute Gasteiger partial charge is 0.508 e. The Kier molecular flexibility index (Phi) is 53.9. The van der Waals surface area contributed by atoms with Gasteiger partial charge in [-0.05, 0) is 152 Å². The van der Waals surface area contributed by atoms with Crippen LogP contribution in [0.25, 0.3) is 0 Å². The van der Waals surface area contributed by atoms with Crippen LogP contribution in [0.3, 0.4) is 0 Å². The van der Waals surface area contributed by atoms with Gasteiger partial charge in [-0.1, -0.05) is 80.6 Å². The van der Waals surface area contributed by atoms with Crippen molar-refractivity contribution in [1.82, 2.24) is 122 Å². The van der Waals surface area contributed by atoms with Crippen LogP contribution in [-0.2, 0) is 134 Å². The standard InChI is InChI=1S/C91H134N30O26/c1-49(40-122)102-69(78(138)116-71(106-56(43-125)21-17-33-100-89(97)98)80(140)113-68(67(94)136)105-55(42-124)20-16-32-99-88(95)96)114-81(141)72(107-58(45-127)35-53-22-26-62(131)27-23-53)118-83(143)73(108-59(46-128)36-54-24-28-63(132)29-25-54)117-79(139)70(103-50(2)41-123)115-82(142)74(110-60(47-129)37-64(92)133)119-84(144)75(109-57(44-126)34-52-18-12-11-13-19-52)120-87(147)91(6)31-15-10-8-7-9-14-30-90(4,5)86(146)104-51(3)77(137)101-39-66(135)112-76(85(145)121-91)111-61(48-130)38-65(93)134/h7-8,11-13,18-19,22-29,40-51,55-61,68-76,102-103,105-111,131-132H,9-10,14-17,20-21,30-39H2,1-6H3,(H2,92,133)(H2,93,134)(H2,94,136)(H,101,137)(H,104,146)(H,112,135)(H,113,140)(H,114,141)(H,115,142)(H,116,138)(H,117,139)(H,118,143)(H,119,144)(H,120,147)(H,121,145)(H4,95,96,99)(H4,97,98,100)/b8-7-/t49-,50-,51-,55+,56+,57+,58+,59+,60+,61+,68-,69-,70+,71-,72+,73-,74-,75+,76+,91-/m0/s1. The van der Waals surface area contributed by atoms with E-state index < -0.39 is 266 Å². The summed E-state index contributed by atoms with van der Waals surface area (Å²) in [5.41, 5.74) is 25.0. The zero-order valence-electron chi connectivity index (χ0n) is 81.6. The first-order valence-electron chi connectivity index (χ1n) is 46.5. The first kappa shape index (κ1) is 124. The number of nitrogens with one attached hydrogen (secondary N) is 25. The van der Waals surface area contributed by atoms with E-state index in [9.17, 15) is 96.5 Å². The van der Waals surface area contributed by atoms with Crippen molar-refractivity contribution in [3.05, 3.63) is 108 Å². The number of aldehydes is 9. The first-order valence-corrected chi connectivity index (χ1v) is 46.5. The number of phenolic OH excluding ortho intramolecular Hbond substituents is 2. The molecule has 1 aliphatic rings. The van der Waals surface area contributed by atoms with Crippen molar-refractivity contribution in [2.24, 2.45) is 34.1 Å². The third kappa shape index (κ3) is 46.2. The molecule has 56 nitrogen and oxygen atoms in total. The van der Waals surface area contributed by atoms with Crippen molar-refractivity contribution in [2.75, 3.05) is 19.6 Å². The summed E-state index contributed by atoms with van der Waals surface area (Å²) in [6, 6.07) is 2.75. The highest BCUT2D eigenvalue weighted by Crippen LogP contribution is 2.25. The minimum absolute atomic E-state index is 0.0174. The second-order valence-corrected chi connectivity index (χ2v) is 35.1. The number of amides is 15. The van der Waals surface area contributed by atoms with Crippen LogP contribution in [0.4, 0.5) is 0 Å². The van der Waals surface area contributed by atoms with Crippen LogP contribution >= 0.6 is 0 Å². The molecule has 15 amide bonds. The number of phenols is 2. The van der Waals surface area contributed by atoms with Crippen molar-refractivity contribution < 1.29 is 125 Å². The highest BCUT2D eigenvalue weighted by atomic mass is 16.3. The molecule has 147 heavy (non-hydrogen) atoms. The van der Waals surface area contributed by atoms with E-state index in [1.165, 1.54) is 55.5 Å². The highest BCUT2D eigenvalue weighted by molar-refractivity contribution is 6.01. The predicted molar refractivity (Wildman–Crippen MR) is 522 cm³/mol. The van der Waals surface area contributed by atoms with E-state index >= 15 is 28.8 Å². The molecule has 0 spiro atoms. The van der Waals surface area contributed by atoms with Crippen LogP contribution in [0, 0.1) is 16.2 Å². The van der Waals surface area contributed by atoms with Crippen molar-refractivity contribution in [1.29, 1.82) is 10.8 Å². The number of guanidine groups is 2. The molecule has 0 aliphatic carbocycles. The van der Waals surface area contributed by atoms with Crippen molar-refractivity contribution in [3.8, 4) is 11.5 Å². The number of benzene rings is 3. The molecule has 0 saturated carbocycles. The molecule has 1 heterocycles. The molecule has 0 saturated heterocycles. The number of carbonyl (C=O) groups excluding carboxylic acids is 24. The molecule has 56 heteroatoms. The zero-order valence-corrected chi connectivity index (χ0v) is 81.6. The summed E-state index contributed by atoms with van der Waals surface area (Å²) in [6.45, 7) is 7.20. The third-order valence-electron chi connectivity index (χ3n) is 22.1. The lowest BCUT2D eigenvalue weighted by Crippen LogP contribution is -2.71. The van der Waals surface area contributed by atoms with Gasteiger partial charge >= 0.3 is 0 Å². The summed E-state index contributed by atoms with van der Waals surface area (Å²) >= 11 is 0. The van der Waals surface area contributed by atoms with Gasteiger partial charge in [0.1, 0.15) is 79.7 Å². The summed E-state index contributed by atoms with van der Waals surface area (Å²) in [7, 11) is 0. The summed E-state index contributed by atoms with van der Waals surface area (Å²) in [4.78, 5) is 332. The molecule has 1 aliphatic heterocycles. The Morgan fingerprint density at radius 1 is 0.422 bits per heavy atom. The maximum atomic E-state index is 15.6. The summed E-state index contributed by atoms with van der Waals surface area (Å²) in [5.74, 6) is -21.2. The van der Waals surface area contributed by atoms with Crippen LogP contribution in [0.15, 0.2) is 91.0 Å². The maximum Gasteiger partial charge on any atom is 0.259 e. The average Bonchev–Trinajstić information content (AvgIpc) is 0.938. The lowest BCUT2D eigenvalue weighted by Gasteiger charge is -2.34. The van der Waals surface area contributed by atoms with Crippen molar-refractivity contribution in [3.63, 3.8) is 0 Å². The molecule has 0 fully saturated rings. The summed E-state index contributed by atoms with van der Waals surface area (Å²) < 4.78 is 0. The quantitative estimate of drug-likeness (QED) is 0.00623. The van der Waals surface area contributed by atoms with E-state index in [-0.39, 0.29) is 125 Å². The Hall–Kier alpha value is -15.7. The number of allylic oxidation sites excluding steroid dienone is 2. The molecular formula is C91H134N30O26. The Labute approximate surface area is 844 Å². The minimum atomic E-state index is -2.53. The third-order valence-corrected chi connectivity index (χ3v) is 22.1. The maximum absolute atomic E-state index is 15.6. The van der Waals surface area contributed by atoms with E-state index in [1.54, 1.807) is 56.3 Å². The molecule has 0 bridgehead atoms. The van der Waals surface area contributed by atoms with E-state index in [0.717, 1.165) is 20.8 Å². The summed E-state index contributed by atoms with van der Waals surface area (Å²) in [5, 5.41) is 90.9. The number of hydrogen-bond acceptors (Lipinski definition) is 37. The molecule has 0 unspecified atom stereocenters. The minimum Gasteiger partial charge on any atom is -0.508 e. The van der Waals surface area contributed by atoms with Gasteiger partial charge in [0, 0.05) is 31.3 Å². The second kappa shape index (κ2) is 64.1. The molecule has 20 atom stereocenters. The highest BCUT2D eigenvalue weighted by Gasteiger charge is 2.44. The average molecular weight is 2060 g/mol. The van der Waals surface area contributed by atoms with Gasteiger partial charge in [-0.3, -0.25) is 131 Å². The van der Waals surface area contributed by atoms with Crippen LogP contribution in [0.1, 0.15) is 135 Å². The second-order valence-electron chi connectivity index (χ2n) is 35.1. The van der Waals surface area contributed by atoms with Crippen molar-refractivity contribution >= 4 is 157 Å². The molecule has 37 N–H and O–H groups in total. The number of hydrogen-bond donors (Lipinski definition) is 32. The van der Waals surface area contributed by atoms with Crippen LogP contribution in [0.2, 0.25) is 0 Å². The number of primary amides is 3. The fourth-order valence-electron chi connectivity index (χ4n) is 14.1. The number of aromatic hydroxyl groups is 2. The molecule has 4 rings (SSSR count). The number of nitrogens with two attached hydrogens (primary N) is 5. The van der Waals surface area contributed by atoms with Gasteiger partial charge in [0.15, 0.2) is 67.4 Å². The first-order chi connectivity index (χ1) is 69.6. The molecule has 0 aromatic heterocycles. The van der Waals surface area contributed by atoms with E-state index in [0.29, 0.717) is 37.4 Å². The van der Waals surface area contributed by atoms with Gasteiger partial charge in [0.25, 0.3) is 53.2 Å². The van der Waals surface area contributed by atoms with Gasteiger partial charge in [-0.15, -0.1) is 0 Å².